The molecule has 1 aromatic heterocycles. The number of hydrogen-bond donors (Lipinski definition) is 0. The van der Waals surface area contributed by atoms with Gasteiger partial charge in [-0.25, -0.2) is 0 Å². The Bertz CT molecular complexity index is 2680. The topological polar surface area (TPSA) is 8.17 Å². The molecule has 2 aliphatic heterocycles. The molecule has 0 spiro atoms. The van der Waals surface area contributed by atoms with Gasteiger partial charge in [-0.2, -0.15) is 0 Å². The first-order valence-electron chi connectivity index (χ1n) is 18.6. The third-order valence-electron chi connectivity index (χ3n) is 11.9. The lowest BCUT2D eigenvalue weighted by atomic mass is 9.80. The molecule has 5 aromatic carbocycles. The average molecular weight is 687 g/mol. The maximum atomic E-state index is 2.67. The normalized spacial score (nSPS) is 22.8. The maximum Gasteiger partial charge on any atom is 0.0630 e. The summed E-state index contributed by atoms with van der Waals surface area (Å²) in [5, 5.41) is 2.58. The summed E-state index contributed by atoms with van der Waals surface area (Å²) in [6.45, 7) is 2.42. The van der Waals surface area contributed by atoms with Gasteiger partial charge < -0.3 is 9.47 Å². The zero-order valence-electron chi connectivity index (χ0n) is 29.2. The van der Waals surface area contributed by atoms with Gasteiger partial charge >= 0.3 is 0 Å². The van der Waals surface area contributed by atoms with Crippen molar-refractivity contribution < 1.29 is 0 Å². The SMILES string of the molecule is C[C@]12C=CC=C(N3c4ccccc4C4=CC(c5ccc6c(c5)c5ccccc5n6-c5cccc(C6=CCCC=C6)c5)=CCC43)C1c1ccccc1S2. The minimum atomic E-state index is 0.00492. The van der Waals surface area contributed by atoms with Gasteiger partial charge in [-0.3, -0.25) is 0 Å². The van der Waals surface area contributed by atoms with Crippen molar-refractivity contribution in [3.8, 4) is 5.69 Å². The van der Waals surface area contributed by atoms with Crippen LogP contribution >= 0.6 is 11.8 Å². The highest BCUT2D eigenvalue weighted by molar-refractivity contribution is 8.01. The Balaban J connectivity index is 0.996. The largest absolute Gasteiger partial charge is 0.336 e. The van der Waals surface area contributed by atoms with E-state index < -0.39 is 0 Å². The second-order valence-corrected chi connectivity index (χ2v) is 16.4. The Morgan fingerprint density at radius 2 is 1.58 bits per heavy atom. The molecule has 52 heavy (non-hydrogen) atoms. The smallest absolute Gasteiger partial charge is 0.0630 e. The third kappa shape index (κ3) is 4.45. The van der Waals surface area contributed by atoms with Gasteiger partial charge in [0.05, 0.1) is 17.1 Å². The maximum absolute atomic E-state index is 2.67. The van der Waals surface area contributed by atoms with Crippen molar-refractivity contribution in [1.82, 2.24) is 4.57 Å². The molecule has 0 radical (unpaired) electrons. The number of hydrogen-bond acceptors (Lipinski definition) is 2. The monoisotopic (exact) mass is 686 g/mol. The molecule has 0 fully saturated rings. The summed E-state index contributed by atoms with van der Waals surface area (Å²) in [5.41, 5.74) is 15.8. The number of aromatic nitrogens is 1. The minimum absolute atomic E-state index is 0.00492. The second kappa shape index (κ2) is 11.5. The van der Waals surface area contributed by atoms with Crippen molar-refractivity contribution in [2.24, 2.45) is 0 Å². The first-order chi connectivity index (χ1) is 25.6. The Hall–Kier alpha value is -5.51. The quantitative estimate of drug-likeness (QED) is 0.182. The zero-order valence-corrected chi connectivity index (χ0v) is 30.0. The van der Waals surface area contributed by atoms with Gasteiger partial charge in [-0.05, 0) is 114 Å². The lowest BCUT2D eigenvalue weighted by molar-refractivity contribution is 0.623. The fraction of sp³-hybridized carbons (Fsp3) is 0.143. The van der Waals surface area contributed by atoms with Crippen molar-refractivity contribution in [1.29, 1.82) is 0 Å². The van der Waals surface area contributed by atoms with E-state index in [9.17, 15) is 0 Å². The number of fused-ring (bicyclic) bond motifs is 9. The number of thioether (sulfide) groups is 1. The molecule has 0 N–H and O–H groups in total. The standard InChI is InChI=1S/C49H38N2S/c1-49-28-12-22-46(48(49)39-19-7-10-23-47(39)52-49)51-43-21-9-6-18-38(43)41-31-35(25-27-45(41)51)34-24-26-44-40(30-34)37-17-5-8-20-42(37)50(44)36-16-11-15-33(29-36)32-13-3-2-4-14-32/h3,5-26,28-31,45,48H,2,4,27H2,1H3/t45?,48?,49-/m0/s1. The molecule has 0 amide bonds. The van der Waals surface area contributed by atoms with Crippen LogP contribution in [0.2, 0.25) is 0 Å². The van der Waals surface area contributed by atoms with E-state index in [0.29, 0.717) is 5.92 Å². The number of benzene rings is 5. The van der Waals surface area contributed by atoms with Crippen LogP contribution in [0.15, 0.2) is 174 Å². The van der Waals surface area contributed by atoms with Crippen molar-refractivity contribution in [2.75, 3.05) is 4.90 Å². The molecule has 3 aliphatic carbocycles. The van der Waals surface area contributed by atoms with Gasteiger partial charge in [0.15, 0.2) is 0 Å². The van der Waals surface area contributed by atoms with Gasteiger partial charge in [0, 0.05) is 49.0 Å². The first-order valence-corrected chi connectivity index (χ1v) is 19.5. The molecule has 11 rings (SSSR count). The molecule has 3 heterocycles. The number of para-hydroxylation sites is 2. The molecule has 6 aromatic rings. The van der Waals surface area contributed by atoms with Crippen LogP contribution in [0, 0.1) is 0 Å². The van der Waals surface area contributed by atoms with Crippen LogP contribution in [0.25, 0.3) is 44.2 Å². The summed E-state index contributed by atoms with van der Waals surface area (Å²) >= 11 is 2.01. The predicted molar refractivity (Wildman–Crippen MR) is 221 cm³/mol. The van der Waals surface area contributed by atoms with Crippen LogP contribution in [-0.4, -0.2) is 15.4 Å². The van der Waals surface area contributed by atoms with Crippen LogP contribution in [0.4, 0.5) is 5.69 Å². The number of allylic oxidation sites excluding steroid dienone is 9. The van der Waals surface area contributed by atoms with Gasteiger partial charge in [-0.15, -0.1) is 11.8 Å². The van der Waals surface area contributed by atoms with E-state index in [4.69, 9.17) is 0 Å². The van der Waals surface area contributed by atoms with Crippen LogP contribution < -0.4 is 4.90 Å². The second-order valence-electron chi connectivity index (χ2n) is 14.9. The summed E-state index contributed by atoms with van der Waals surface area (Å²) in [7, 11) is 0. The molecule has 2 unspecified atom stereocenters. The Morgan fingerprint density at radius 3 is 2.52 bits per heavy atom. The van der Waals surface area contributed by atoms with E-state index >= 15 is 0 Å². The van der Waals surface area contributed by atoms with E-state index in [1.54, 1.807) is 0 Å². The van der Waals surface area contributed by atoms with E-state index in [-0.39, 0.29) is 10.8 Å². The fourth-order valence-corrected chi connectivity index (χ4v) is 11.0. The summed E-state index contributed by atoms with van der Waals surface area (Å²) in [6, 6.07) is 43.4. The van der Waals surface area contributed by atoms with Crippen molar-refractivity contribution in [3.63, 3.8) is 0 Å². The van der Waals surface area contributed by atoms with Gasteiger partial charge in [0.2, 0.25) is 0 Å². The van der Waals surface area contributed by atoms with Gasteiger partial charge in [0.1, 0.15) is 0 Å². The van der Waals surface area contributed by atoms with Crippen LogP contribution in [0.5, 0.6) is 0 Å². The lowest BCUT2D eigenvalue weighted by Crippen LogP contribution is -2.39. The molecule has 5 aliphatic rings. The molecular formula is C49H38N2S. The molecule has 0 saturated carbocycles. The van der Waals surface area contributed by atoms with E-state index in [1.165, 1.54) is 82.7 Å². The minimum Gasteiger partial charge on any atom is -0.336 e. The van der Waals surface area contributed by atoms with Crippen LogP contribution in [0.3, 0.4) is 0 Å². The highest BCUT2D eigenvalue weighted by Crippen LogP contribution is 2.60. The molecule has 3 heteroatoms. The Kier molecular flexibility index (Phi) is 6.67. The summed E-state index contributed by atoms with van der Waals surface area (Å²) in [5.74, 6) is 0.313. The number of anilines is 1. The lowest BCUT2D eigenvalue weighted by Gasteiger charge is -2.40. The van der Waals surface area contributed by atoms with E-state index in [2.05, 4.69) is 180 Å². The summed E-state index contributed by atoms with van der Waals surface area (Å²) < 4.78 is 2.45. The highest BCUT2D eigenvalue weighted by atomic mass is 32.2. The zero-order chi connectivity index (χ0) is 34.4. The van der Waals surface area contributed by atoms with Crippen LogP contribution in [0.1, 0.15) is 54.4 Å². The fourth-order valence-electron chi connectivity index (χ4n) is 9.54. The molecule has 250 valence electrons. The van der Waals surface area contributed by atoms with E-state index in [1.807, 2.05) is 11.8 Å². The Morgan fingerprint density at radius 1 is 0.731 bits per heavy atom. The molecule has 3 atom stereocenters. The van der Waals surface area contributed by atoms with Crippen molar-refractivity contribution >= 4 is 56.0 Å². The summed E-state index contributed by atoms with van der Waals surface area (Å²) in [6.07, 6.45) is 22.2. The first kappa shape index (κ1) is 30.1. The van der Waals surface area contributed by atoms with Crippen molar-refractivity contribution in [3.05, 3.63) is 192 Å². The number of nitrogens with zero attached hydrogens (tertiary/aromatic N) is 2. The van der Waals surface area contributed by atoms with Crippen LogP contribution in [-0.2, 0) is 0 Å². The molecule has 0 bridgehead atoms. The molecule has 0 saturated heterocycles. The third-order valence-corrected chi connectivity index (χ3v) is 13.3. The predicted octanol–water partition coefficient (Wildman–Crippen LogP) is 12.7. The average Bonchev–Trinajstić information content (AvgIpc) is 3.82. The molecule has 2 nitrogen and oxygen atoms in total. The van der Waals surface area contributed by atoms with E-state index in [0.717, 1.165) is 19.3 Å². The van der Waals surface area contributed by atoms with Gasteiger partial charge in [-0.1, -0.05) is 109 Å². The number of rotatable bonds is 4. The molecular weight excluding hydrogens is 649 g/mol. The van der Waals surface area contributed by atoms with Crippen molar-refractivity contribution in [2.45, 2.75) is 47.8 Å². The Labute approximate surface area is 309 Å². The van der Waals surface area contributed by atoms with Gasteiger partial charge in [0.25, 0.3) is 0 Å². The highest BCUT2D eigenvalue weighted by Gasteiger charge is 2.49. The summed E-state index contributed by atoms with van der Waals surface area (Å²) in [4.78, 5) is 4.08.